The van der Waals surface area contributed by atoms with Gasteiger partial charge in [-0.2, -0.15) is 0 Å². The van der Waals surface area contributed by atoms with Gasteiger partial charge in [-0.05, 0) is 62.8 Å². The van der Waals surface area contributed by atoms with Crippen molar-refractivity contribution in [3.63, 3.8) is 0 Å². The number of nitrogens with one attached hydrogen (secondary N) is 1. The average molecular weight is 381 g/mol. The maximum atomic E-state index is 14.2. The van der Waals surface area contributed by atoms with Crippen molar-refractivity contribution in [1.29, 1.82) is 0 Å². The Kier molecular flexibility index (Phi) is 7.50. The zero-order valence-corrected chi connectivity index (χ0v) is 16.0. The minimum atomic E-state index is -0.437. The lowest BCUT2D eigenvalue weighted by molar-refractivity contribution is -0.143. The molecule has 5 nitrogen and oxygen atoms in total. The SMILES string of the molecule is CC(=O)OCc1ccc(NSC2CCCC=C2C(=O)OC(C)C)c(F)c1. The maximum absolute atomic E-state index is 14.2. The third-order valence-electron chi connectivity index (χ3n) is 3.75. The van der Waals surface area contributed by atoms with E-state index in [0.717, 1.165) is 19.3 Å². The van der Waals surface area contributed by atoms with Crippen LogP contribution in [0.25, 0.3) is 0 Å². The van der Waals surface area contributed by atoms with Gasteiger partial charge in [0.15, 0.2) is 0 Å². The molecule has 1 aliphatic rings. The molecule has 1 aromatic carbocycles. The van der Waals surface area contributed by atoms with Crippen LogP contribution in [0.5, 0.6) is 0 Å². The number of halogens is 1. The summed E-state index contributed by atoms with van der Waals surface area (Å²) in [6.07, 6.45) is 4.38. The molecule has 1 unspecified atom stereocenters. The van der Waals surface area contributed by atoms with Gasteiger partial charge in [-0.3, -0.25) is 4.79 Å². The summed E-state index contributed by atoms with van der Waals surface area (Å²) in [6, 6.07) is 4.62. The lowest BCUT2D eigenvalue weighted by atomic mass is 9.99. The highest BCUT2D eigenvalue weighted by molar-refractivity contribution is 8.01. The molecule has 0 saturated carbocycles. The van der Waals surface area contributed by atoms with Gasteiger partial charge < -0.3 is 14.2 Å². The fourth-order valence-electron chi connectivity index (χ4n) is 2.52. The normalized spacial score (nSPS) is 16.8. The third-order valence-corrected chi connectivity index (χ3v) is 4.86. The van der Waals surface area contributed by atoms with E-state index < -0.39 is 11.8 Å². The second-order valence-electron chi connectivity index (χ2n) is 6.35. The Labute approximate surface area is 157 Å². The molecule has 0 spiro atoms. The summed E-state index contributed by atoms with van der Waals surface area (Å²) < 4.78 is 27.4. The smallest absolute Gasteiger partial charge is 0.335 e. The van der Waals surface area contributed by atoms with Gasteiger partial charge in [-0.15, -0.1) is 0 Å². The van der Waals surface area contributed by atoms with Crippen LogP contribution in [0.2, 0.25) is 0 Å². The highest BCUT2D eigenvalue weighted by atomic mass is 32.2. The van der Waals surface area contributed by atoms with E-state index in [1.807, 2.05) is 19.9 Å². The van der Waals surface area contributed by atoms with Crippen LogP contribution in [0.15, 0.2) is 29.8 Å². The van der Waals surface area contributed by atoms with E-state index in [0.29, 0.717) is 16.8 Å². The van der Waals surface area contributed by atoms with E-state index in [-0.39, 0.29) is 23.9 Å². The van der Waals surface area contributed by atoms with Crippen molar-refractivity contribution < 1.29 is 23.5 Å². The first-order valence-electron chi connectivity index (χ1n) is 8.61. The Morgan fingerprint density at radius 2 is 2.15 bits per heavy atom. The molecule has 0 fully saturated rings. The van der Waals surface area contributed by atoms with Gasteiger partial charge in [0.1, 0.15) is 12.4 Å². The van der Waals surface area contributed by atoms with Crippen molar-refractivity contribution in [2.75, 3.05) is 4.72 Å². The van der Waals surface area contributed by atoms with E-state index in [9.17, 15) is 14.0 Å². The van der Waals surface area contributed by atoms with Crippen LogP contribution in [-0.2, 0) is 25.7 Å². The van der Waals surface area contributed by atoms with Gasteiger partial charge in [-0.1, -0.05) is 12.1 Å². The van der Waals surface area contributed by atoms with Gasteiger partial charge in [-0.25, -0.2) is 9.18 Å². The Hall–Kier alpha value is -2.02. The summed E-state index contributed by atoms with van der Waals surface area (Å²) in [7, 11) is 0. The lowest BCUT2D eigenvalue weighted by Crippen LogP contribution is -2.24. The molecule has 0 amide bonds. The summed E-state index contributed by atoms with van der Waals surface area (Å²) in [6.45, 7) is 4.97. The van der Waals surface area contributed by atoms with Gasteiger partial charge in [0.25, 0.3) is 0 Å². The number of ether oxygens (including phenoxy) is 2. The monoisotopic (exact) mass is 381 g/mol. The lowest BCUT2D eigenvalue weighted by Gasteiger charge is -2.23. The molecule has 1 aromatic rings. The molecule has 0 radical (unpaired) electrons. The third kappa shape index (κ3) is 6.05. The number of benzene rings is 1. The highest BCUT2D eigenvalue weighted by Crippen LogP contribution is 2.32. The largest absolute Gasteiger partial charge is 0.461 e. The number of rotatable bonds is 7. The molecule has 0 bridgehead atoms. The molecule has 0 heterocycles. The summed E-state index contributed by atoms with van der Waals surface area (Å²) >= 11 is 1.31. The van der Waals surface area contributed by atoms with E-state index in [4.69, 9.17) is 9.47 Å². The zero-order chi connectivity index (χ0) is 19.1. The summed E-state index contributed by atoms with van der Waals surface area (Å²) in [5, 5.41) is -0.0878. The Morgan fingerprint density at radius 1 is 1.38 bits per heavy atom. The molecule has 142 valence electrons. The molecule has 2 rings (SSSR count). The molecule has 1 atom stereocenters. The quantitative estimate of drug-likeness (QED) is 0.559. The molecule has 0 saturated heterocycles. The standard InChI is InChI=1S/C19H24FNO4S/c1-12(2)25-19(23)15-6-4-5-7-18(15)26-21-17-9-8-14(10-16(17)20)11-24-13(3)22/h6,8-10,12,18,21H,4-5,7,11H2,1-3H3. The van der Waals surface area contributed by atoms with Crippen LogP contribution in [0, 0.1) is 5.82 Å². The number of carbonyl (C=O) groups is 2. The summed E-state index contributed by atoms with van der Waals surface area (Å²) in [5.74, 6) is -1.16. The fraction of sp³-hybridized carbons (Fsp3) is 0.474. The van der Waals surface area contributed by atoms with Crippen LogP contribution in [0.3, 0.4) is 0 Å². The molecule has 26 heavy (non-hydrogen) atoms. The van der Waals surface area contributed by atoms with E-state index in [1.165, 1.54) is 24.9 Å². The molecular weight excluding hydrogens is 357 g/mol. The Bertz CT molecular complexity index is 690. The summed E-state index contributed by atoms with van der Waals surface area (Å²) in [5.41, 5.74) is 1.53. The molecular formula is C19H24FNO4S. The van der Waals surface area contributed by atoms with Crippen molar-refractivity contribution in [2.24, 2.45) is 0 Å². The number of hydrogen-bond donors (Lipinski definition) is 1. The van der Waals surface area contributed by atoms with Gasteiger partial charge >= 0.3 is 11.9 Å². The van der Waals surface area contributed by atoms with Crippen molar-refractivity contribution >= 4 is 29.6 Å². The first kappa shape index (κ1) is 20.3. The van der Waals surface area contributed by atoms with E-state index in [1.54, 1.807) is 12.1 Å². The fourth-order valence-corrected chi connectivity index (χ4v) is 3.56. The molecule has 0 aliphatic heterocycles. The van der Waals surface area contributed by atoms with Crippen molar-refractivity contribution in [3.8, 4) is 0 Å². The van der Waals surface area contributed by atoms with Gasteiger partial charge in [0, 0.05) is 12.5 Å². The Balaban J connectivity index is 1.98. The molecule has 7 heteroatoms. The number of esters is 2. The van der Waals surface area contributed by atoms with Crippen LogP contribution in [0.1, 0.15) is 45.6 Å². The van der Waals surface area contributed by atoms with Crippen molar-refractivity contribution in [1.82, 2.24) is 0 Å². The minimum Gasteiger partial charge on any atom is -0.461 e. The summed E-state index contributed by atoms with van der Waals surface area (Å²) in [4.78, 5) is 23.0. The van der Waals surface area contributed by atoms with Gasteiger partial charge in [0.2, 0.25) is 0 Å². The first-order valence-corrected chi connectivity index (χ1v) is 9.49. The predicted octanol–water partition coefficient (Wildman–Crippen LogP) is 4.38. The number of hydrogen-bond acceptors (Lipinski definition) is 6. The van der Waals surface area contributed by atoms with Crippen LogP contribution < -0.4 is 4.72 Å². The average Bonchev–Trinajstić information content (AvgIpc) is 2.58. The highest BCUT2D eigenvalue weighted by Gasteiger charge is 2.26. The number of allylic oxidation sites excluding steroid dienone is 1. The van der Waals surface area contributed by atoms with Crippen LogP contribution >= 0.6 is 11.9 Å². The second kappa shape index (κ2) is 9.62. The van der Waals surface area contributed by atoms with Gasteiger partial charge in [0.05, 0.1) is 17.0 Å². The minimum absolute atomic E-state index is 0.0379. The van der Waals surface area contributed by atoms with Crippen LogP contribution in [-0.4, -0.2) is 23.3 Å². The van der Waals surface area contributed by atoms with E-state index in [2.05, 4.69) is 4.72 Å². The predicted molar refractivity (Wildman–Crippen MR) is 100 cm³/mol. The van der Waals surface area contributed by atoms with Crippen molar-refractivity contribution in [3.05, 3.63) is 41.2 Å². The number of anilines is 1. The molecule has 1 N–H and O–H groups in total. The van der Waals surface area contributed by atoms with Crippen molar-refractivity contribution in [2.45, 2.75) is 58.0 Å². The Morgan fingerprint density at radius 3 is 2.81 bits per heavy atom. The van der Waals surface area contributed by atoms with E-state index >= 15 is 0 Å². The molecule has 0 aromatic heterocycles. The van der Waals surface area contributed by atoms with Crippen LogP contribution in [0.4, 0.5) is 10.1 Å². The second-order valence-corrected chi connectivity index (χ2v) is 7.36. The zero-order valence-electron chi connectivity index (χ0n) is 15.2. The maximum Gasteiger partial charge on any atom is 0.335 e. The molecule has 1 aliphatic carbocycles. The number of carbonyl (C=O) groups excluding carboxylic acids is 2. The first-order chi connectivity index (χ1) is 12.4. The topological polar surface area (TPSA) is 64.6 Å².